The number of pyridine rings is 1. The number of esters is 1. The van der Waals surface area contributed by atoms with Crippen molar-refractivity contribution in [1.82, 2.24) is 19.4 Å². The van der Waals surface area contributed by atoms with Gasteiger partial charge >= 0.3 is 5.97 Å². The Morgan fingerprint density at radius 3 is 2.81 bits per heavy atom. The third-order valence-corrected chi connectivity index (χ3v) is 8.67. The number of carbonyl (C=O) groups is 1. The number of fused-ring (bicyclic) bond motifs is 1. The molecule has 0 aliphatic carbocycles. The molecule has 8 nitrogen and oxygen atoms in total. The van der Waals surface area contributed by atoms with Crippen LogP contribution in [0.4, 0.5) is 4.39 Å². The fourth-order valence-corrected chi connectivity index (χ4v) is 6.10. The molecule has 214 valence electrons. The summed E-state index contributed by atoms with van der Waals surface area (Å²) in [6.45, 7) is 3.78. The van der Waals surface area contributed by atoms with Gasteiger partial charge in [0.05, 0.1) is 65.3 Å². The monoisotopic (exact) mass is 583 g/mol. The Morgan fingerprint density at radius 2 is 2.10 bits per heavy atom. The van der Waals surface area contributed by atoms with Gasteiger partial charge in [-0.25, -0.2) is 19.2 Å². The van der Waals surface area contributed by atoms with Crippen LogP contribution in [-0.2, 0) is 28.3 Å². The quantitative estimate of drug-likeness (QED) is 0.186. The topological polar surface area (TPSA) is 93.3 Å². The SMILES string of the molecule is COC(=O)c1ccc2nc(CN3CC=C(c4cccc(SCc5ccc(C#N)cc5F)n4)CC3)n(C[C@@H]3CCO3)c2c1. The minimum Gasteiger partial charge on any atom is -0.465 e. The van der Waals surface area contributed by atoms with Crippen LogP contribution >= 0.6 is 11.8 Å². The van der Waals surface area contributed by atoms with Gasteiger partial charge in [0, 0.05) is 25.4 Å². The third kappa shape index (κ3) is 6.09. The van der Waals surface area contributed by atoms with Gasteiger partial charge in [-0.3, -0.25) is 4.90 Å². The van der Waals surface area contributed by atoms with Crippen molar-refractivity contribution < 1.29 is 18.7 Å². The Balaban J connectivity index is 1.14. The number of carbonyl (C=O) groups excluding carboxylic acids is 1. The van der Waals surface area contributed by atoms with E-state index in [4.69, 9.17) is 24.7 Å². The molecular formula is C32H30FN5O3S. The van der Waals surface area contributed by atoms with Gasteiger partial charge in [0.2, 0.25) is 0 Å². The first-order chi connectivity index (χ1) is 20.5. The molecule has 0 radical (unpaired) electrons. The zero-order valence-corrected chi connectivity index (χ0v) is 24.1. The van der Waals surface area contributed by atoms with Crippen molar-refractivity contribution in [2.75, 3.05) is 26.8 Å². The average molecular weight is 584 g/mol. The summed E-state index contributed by atoms with van der Waals surface area (Å²) in [6.07, 6.45) is 4.24. The molecule has 2 aromatic heterocycles. The Hall–Kier alpha value is -4.04. The normalized spacial score (nSPS) is 17.0. The minimum atomic E-state index is -0.370. The smallest absolute Gasteiger partial charge is 0.337 e. The van der Waals surface area contributed by atoms with E-state index in [-0.39, 0.29) is 17.9 Å². The lowest BCUT2D eigenvalue weighted by molar-refractivity contribution is -0.0591. The Bertz CT molecular complexity index is 1710. The van der Waals surface area contributed by atoms with E-state index in [0.717, 1.165) is 60.1 Å². The molecule has 1 saturated heterocycles. The number of thioether (sulfide) groups is 1. The Morgan fingerprint density at radius 1 is 1.21 bits per heavy atom. The number of rotatable bonds is 9. The molecule has 0 amide bonds. The lowest BCUT2D eigenvalue weighted by Gasteiger charge is -2.29. The molecule has 0 unspecified atom stereocenters. The molecule has 4 aromatic rings. The summed E-state index contributed by atoms with van der Waals surface area (Å²) in [7, 11) is 1.39. The van der Waals surface area contributed by atoms with Gasteiger partial charge in [-0.2, -0.15) is 5.26 Å². The maximum Gasteiger partial charge on any atom is 0.337 e. The maximum absolute atomic E-state index is 14.3. The van der Waals surface area contributed by atoms with E-state index >= 15 is 0 Å². The number of aromatic nitrogens is 3. The summed E-state index contributed by atoms with van der Waals surface area (Å²) in [5.74, 6) is 0.656. The molecule has 4 heterocycles. The summed E-state index contributed by atoms with van der Waals surface area (Å²) >= 11 is 1.48. The summed E-state index contributed by atoms with van der Waals surface area (Å²) in [6, 6.07) is 18.0. The first kappa shape index (κ1) is 28.1. The van der Waals surface area contributed by atoms with Crippen molar-refractivity contribution in [2.24, 2.45) is 0 Å². The fraction of sp³-hybridized carbons (Fsp3) is 0.312. The number of hydrogen-bond acceptors (Lipinski definition) is 8. The molecule has 6 rings (SSSR count). The van der Waals surface area contributed by atoms with Crippen LogP contribution in [0.25, 0.3) is 16.6 Å². The van der Waals surface area contributed by atoms with Gasteiger partial charge in [0.15, 0.2) is 0 Å². The Labute approximate surface area is 247 Å². The van der Waals surface area contributed by atoms with Crippen LogP contribution in [0.1, 0.15) is 45.8 Å². The van der Waals surface area contributed by atoms with Gasteiger partial charge in [0.1, 0.15) is 11.6 Å². The van der Waals surface area contributed by atoms with Gasteiger partial charge in [-0.1, -0.05) is 18.2 Å². The highest BCUT2D eigenvalue weighted by molar-refractivity contribution is 7.98. The molecule has 0 N–H and O–H groups in total. The lowest BCUT2D eigenvalue weighted by Crippen LogP contribution is -2.33. The first-order valence-electron chi connectivity index (χ1n) is 13.9. The maximum atomic E-state index is 14.3. The highest BCUT2D eigenvalue weighted by atomic mass is 32.2. The largest absolute Gasteiger partial charge is 0.465 e. The van der Waals surface area contributed by atoms with Gasteiger partial charge < -0.3 is 14.0 Å². The average Bonchev–Trinajstić information content (AvgIpc) is 3.34. The van der Waals surface area contributed by atoms with Crippen LogP contribution in [0.5, 0.6) is 0 Å². The molecule has 1 fully saturated rings. The highest BCUT2D eigenvalue weighted by Gasteiger charge is 2.24. The number of hydrogen-bond donors (Lipinski definition) is 0. The van der Waals surface area contributed by atoms with E-state index in [9.17, 15) is 9.18 Å². The number of halogens is 1. The van der Waals surface area contributed by atoms with Crippen LogP contribution < -0.4 is 0 Å². The molecule has 10 heteroatoms. The van der Waals surface area contributed by atoms with E-state index < -0.39 is 0 Å². The molecule has 2 aliphatic heterocycles. The second-order valence-electron chi connectivity index (χ2n) is 10.4. The van der Waals surface area contributed by atoms with Crippen LogP contribution in [0.15, 0.2) is 65.7 Å². The van der Waals surface area contributed by atoms with E-state index in [2.05, 4.69) is 15.5 Å². The van der Waals surface area contributed by atoms with E-state index in [1.807, 2.05) is 36.4 Å². The molecule has 1 atom stereocenters. The Kier molecular flexibility index (Phi) is 8.33. The van der Waals surface area contributed by atoms with E-state index in [1.54, 1.807) is 18.2 Å². The second-order valence-corrected chi connectivity index (χ2v) is 11.4. The summed E-state index contributed by atoms with van der Waals surface area (Å²) < 4.78 is 27.1. The van der Waals surface area contributed by atoms with Crippen LogP contribution in [0, 0.1) is 17.1 Å². The number of nitriles is 1. The van der Waals surface area contributed by atoms with Crippen LogP contribution in [0.2, 0.25) is 0 Å². The van der Waals surface area contributed by atoms with Gasteiger partial charge in [-0.05, 0) is 66.4 Å². The number of methoxy groups -OCH3 is 1. The number of imidazole rings is 1. The third-order valence-electron chi connectivity index (χ3n) is 7.70. The zero-order chi connectivity index (χ0) is 29.1. The van der Waals surface area contributed by atoms with Gasteiger partial charge in [0.25, 0.3) is 0 Å². The standard InChI is InChI=1S/C32H30FN5O3S/c1-40-32(39)23-7-8-28-29(16-23)38(18-25-11-14-41-25)30(35-28)19-37-12-9-22(10-13-37)27-3-2-4-31(36-27)42-20-24-6-5-21(17-34)15-26(24)33/h2-9,15-16,25H,10-14,18-20H2,1H3/t25-/m0/s1. The second kappa shape index (κ2) is 12.4. The summed E-state index contributed by atoms with van der Waals surface area (Å²) in [5.41, 5.74) is 5.27. The molecule has 0 bridgehead atoms. The van der Waals surface area contributed by atoms with Crippen LogP contribution in [0.3, 0.4) is 0 Å². The van der Waals surface area contributed by atoms with Crippen molar-refractivity contribution in [1.29, 1.82) is 5.26 Å². The predicted octanol–water partition coefficient (Wildman–Crippen LogP) is 5.60. The van der Waals surface area contributed by atoms with E-state index in [0.29, 0.717) is 35.5 Å². The van der Waals surface area contributed by atoms with Crippen LogP contribution in [-0.4, -0.2) is 58.3 Å². The molecule has 2 aliphatic rings. The number of nitrogens with zero attached hydrogens (tertiary/aromatic N) is 5. The lowest BCUT2D eigenvalue weighted by atomic mass is 10.0. The fourth-order valence-electron chi connectivity index (χ4n) is 5.22. The molecule has 0 spiro atoms. The molecule has 2 aromatic carbocycles. The zero-order valence-electron chi connectivity index (χ0n) is 23.3. The highest BCUT2D eigenvalue weighted by Crippen LogP contribution is 2.28. The summed E-state index contributed by atoms with van der Waals surface area (Å²) in [5, 5.41) is 9.79. The minimum absolute atomic E-state index is 0.153. The van der Waals surface area contributed by atoms with Crippen molar-refractivity contribution in [2.45, 2.75) is 42.8 Å². The number of ether oxygens (including phenoxy) is 2. The van der Waals surface area contributed by atoms with Crippen molar-refractivity contribution in [3.05, 3.63) is 94.7 Å². The molecule has 0 saturated carbocycles. The molecule has 42 heavy (non-hydrogen) atoms. The predicted molar refractivity (Wildman–Crippen MR) is 158 cm³/mol. The van der Waals surface area contributed by atoms with E-state index in [1.165, 1.54) is 30.5 Å². The van der Waals surface area contributed by atoms with Crippen molar-refractivity contribution in [3.63, 3.8) is 0 Å². The van der Waals surface area contributed by atoms with Crippen molar-refractivity contribution >= 4 is 34.3 Å². The van der Waals surface area contributed by atoms with Crippen molar-refractivity contribution in [3.8, 4) is 6.07 Å². The number of benzene rings is 2. The first-order valence-corrected chi connectivity index (χ1v) is 14.9. The summed E-state index contributed by atoms with van der Waals surface area (Å²) in [4.78, 5) is 24.3. The van der Waals surface area contributed by atoms with Gasteiger partial charge in [-0.15, -0.1) is 11.8 Å². The molecular weight excluding hydrogens is 553 g/mol.